The summed E-state index contributed by atoms with van der Waals surface area (Å²) in [6.45, 7) is 4.12. The molecule has 4 rings (SSSR count). The third-order valence-electron chi connectivity index (χ3n) is 5.34. The summed E-state index contributed by atoms with van der Waals surface area (Å²) in [5, 5.41) is 3.34. The highest BCUT2D eigenvalue weighted by molar-refractivity contribution is 6.00. The van der Waals surface area contributed by atoms with Gasteiger partial charge in [-0.15, -0.1) is 0 Å². The summed E-state index contributed by atoms with van der Waals surface area (Å²) in [4.78, 5) is 33.6. The third kappa shape index (κ3) is 3.35. The summed E-state index contributed by atoms with van der Waals surface area (Å²) in [7, 11) is 1.93. The number of anilines is 1. The van der Waals surface area contributed by atoms with Gasteiger partial charge in [-0.05, 0) is 19.1 Å². The second-order valence-corrected chi connectivity index (χ2v) is 7.17. The lowest BCUT2D eigenvalue weighted by Gasteiger charge is -2.37. The number of nitrogens with one attached hydrogen (secondary N) is 1. The molecule has 1 aromatic carbocycles. The quantitative estimate of drug-likeness (QED) is 0.855. The molecule has 1 N–H and O–H groups in total. The average Bonchev–Trinajstić information content (AvgIpc) is 3.14. The van der Waals surface area contributed by atoms with E-state index in [0.717, 1.165) is 18.1 Å². The molecule has 0 radical (unpaired) electrons. The largest absolute Gasteiger partial charge is 0.479 e. The van der Waals surface area contributed by atoms with Crippen LogP contribution in [-0.2, 0) is 16.6 Å². The molecule has 1 fully saturated rings. The van der Waals surface area contributed by atoms with E-state index in [2.05, 4.69) is 10.3 Å². The maximum absolute atomic E-state index is 13.0. The van der Waals surface area contributed by atoms with Crippen LogP contribution >= 0.6 is 0 Å². The van der Waals surface area contributed by atoms with E-state index in [1.165, 1.54) is 0 Å². The number of amides is 2. The van der Waals surface area contributed by atoms with Crippen LogP contribution in [0.5, 0.6) is 5.75 Å². The van der Waals surface area contributed by atoms with E-state index in [1.54, 1.807) is 18.0 Å². The highest BCUT2D eigenvalue weighted by atomic mass is 16.5. The van der Waals surface area contributed by atoms with Gasteiger partial charge in [0.1, 0.15) is 17.6 Å². The highest BCUT2D eigenvalue weighted by Gasteiger charge is 2.34. The molecular formula is C20H25N5O3. The van der Waals surface area contributed by atoms with Crippen LogP contribution in [0.2, 0.25) is 0 Å². The third-order valence-corrected chi connectivity index (χ3v) is 5.34. The number of hydrogen-bond acceptors (Lipinski definition) is 5. The Bertz CT molecular complexity index is 880. The monoisotopic (exact) mass is 383 g/mol. The van der Waals surface area contributed by atoms with Gasteiger partial charge in [0.2, 0.25) is 5.91 Å². The van der Waals surface area contributed by atoms with Gasteiger partial charge >= 0.3 is 0 Å². The van der Waals surface area contributed by atoms with Crippen molar-refractivity contribution in [1.29, 1.82) is 0 Å². The van der Waals surface area contributed by atoms with Crippen molar-refractivity contribution in [2.24, 2.45) is 7.05 Å². The van der Waals surface area contributed by atoms with Gasteiger partial charge in [0.25, 0.3) is 5.91 Å². The van der Waals surface area contributed by atoms with E-state index >= 15 is 0 Å². The SMILES string of the molecule is CC1Oc2ccccc2N(CCC(=O)N2CCNCC2c2nccn2C)C1=O. The minimum Gasteiger partial charge on any atom is -0.479 e. The molecule has 2 amide bonds. The van der Waals surface area contributed by atoms with Crippen molar-refractivity contribution >= 4 is 17.5 Å². The first-order valence-electron chi connectivity index (χ1n) is 9.60. The van der Waals surface area contributed by atoms with Crippen molar-refractivity contribution in [3.8, 4) is 5.75 Å². The van der Waals surface area contributed by atoms with Gasteiger partial charge in [-0.1, -0.05) is 12.1 Å². The summed E-state index contributed by atoms with van der Waals surface area (Å²) < 4.78 is 7.62. The molecule has 0 spiro atoms. The first kappa shape index (κ1) is 18.5. The summed E-state index contributed by atoms with van der Waals surface area (Å²) in [5.41, 5.74) is 0.722. The molecule has 148 valence electrons. The molecule has 2 aliphatic rings. The van der Waals surface area contributed by atoms with Crippen molar-refractivity contribution in [2.45, 2.75) is 25.5 Å². The van der Waals surface area contributed by atoms with E-state index in [0.29, 0.717) is 25.4 Å². The lowest BCUT2D eigenvalue weighted by molar-refractivity contribution is -0.134. The molecule has 8 nitrogen and oxygen atoms in total. The molecule has 2 unspecified atom stereocenters. The summed E-state index contributed by atoms with van der Waals surface area (Å²) >= 11 is 0. The maximum atomic E-state index is 13.0. The van der Waals surface area contributed by atoms with Crippen LogP contribution in [0, 0.1) is 0 Å². The van der Waals surface area contributed by atoms with Crippen molar-refractivity contribution < 1.29 is 14.3 Å². The number of hydrogen-bond donors (Lipinski definition) is 1. The first-order chi connectivity index (χ1) is 13.6. The number of ether oxygens (including phenoxy) is 1. The molecule has 2 aromatic rings. The van der Waals surface area contributed by atoms with E-state index in [9.17, 15) is 9.59 Å². The predicted molar refractivity (Wildman–Crippen MR) is 104 cm³/mol. The average molecular weight is 383 g/mol. The molecule has 0 bridgehead atoms. The number of carbonyl (C=O) groups excluding carboxylic acids is 2. The number of rotatable bonds is 4. The van der Waals surface area contributed by atoms with Gasteiger partial charge < -0.3 is 24.4 Å². The van der Waals surface area contributed by atoms with Crippen LogP contribution < -0.4 is 15.0 Å². The lowest BCUT2D eigenvalue weighted by Crippen LogP contribution is -2.51. The van der Waals surface area contributed by atoms with Crippen LogP contribution in [0.25, 0.3) is 0 Å². The van der Waals surface area contributed by atoms with Crippen LogP contribution in [0.15, 0.2) is 36.7 Å². The zero-order valence-electron chi connectivity index (χ0n) is 16.2. The Kier molecular flexibility index (Phi) is 5.04. The molecule has 8 heteroatoms. The van der Waals surface area contributed by atoms with Gasteiger partial charge in [0, 0.05) is 52.0 Å². The fraction of sp³-hybridized carbons (Fsp3) is 0.450. The van der Waals surface area contributed by atoms with E-state index in [-0.39, 0.29) is 24.3 Å². The molecule has 1 saturated heterocycles. The number of para-hydroxylation sites is 2. The van der Waals surface area contributed by atoms with E-state index in [4.69, 9.17) is 4.74 Å². The Balaban J connectivity index is 1.49. The predicted octanol–water partition coefficient (Wildman–Crippen LogP) is 1.10. The van der Waals surface area contributed by atoms with Crippen LogP contribution in [0.1, 0.15) is 25.2 Å². The number of nitrogens with zero attached hydrogens (tertiary/aromatic N) is 4. The minimum absolute atomic E-state index is 0.0268. The van der Waals surface area contributed by atoms with E-state index in [1.807, 2.05) is 47.0 Å². The zero-order valence-corrected chi connectivity index (χ0v) is 16.2. The van der Waals surface area contributed by atoms with Crippen molar-refractivity contribution in [3.63, 3.8) is 0 Å². The Labute approximate surface area is 164 Å². The standard InChI is InChI=1S/C20H25N5O3/c1-14-20(27)25(15-5-3-4-6-17(15)28-14)10-7-18(26)24-12-8-21-13-16(24)19-22-9-11-23(19)2/h3-6,9,11,14,16,21H,7-8,10,12-13H2,1-2H3. The maximum Gasteiger partial charge on any atom is 0.267 e. The summed E-state index contributed by atoms with van der Waals surface area (Å²) in [5.74, 6) is 1.45. The summed E-state index contributed by atoms with van der Waals surface area (Å²) in [6, 6.07) is 7.34. The Morgan fingerprint density at radius 1 is 1.36 bits per heavy atom. The van der Waals surface area contributed by atoms with Crippen molar-refractivity contribution in [2.75, 3.05) is 31.1 Å². The fourth-order valence-corrected chi connectivity index (χ4v) is 3.87. The minimum atomic E-state index is -0.551. The van der Waals surface area contributed by atoms with Gasteiger partial charge in [0.15, 0.2) is 6.10 Å². The lowest BCUT2D eigenvalue weighted by atomic mass is 10.1. The number of piperazine rings is 1. The molecule has 1 aromatic heterocycles. The molecule has 0 aliphatic carbocycles. The molecule has 2 aliphatic heterocycles. The molecular weight excluding hydrogens is 358 g/mol. The Hall–Kier alpha value is -2.87. The number of benzene rings is 1. The second-order valence-electron chi connectivity index (χ2n) is 7.17. The summed E-state index contributed by atoms with van der Waals surface area (Å²) in [6.07, 6.45) is 3.34. The second kappa shape index (κ2) is 7.63. The molecule has 28 heavy (non-hydrogen) atoms. The van der Waals surface area contributed by atoms with Gasteiger partial charge in [-0.25, -0.2) is 4.98 Å². The Morgan fingerprint density at radius 2 is 2.18 bits per heavy atom. The van der Waals surface area contributed by atoms with Crippen LogP contribution in [-0.4, -0.2) is 58.5 Å². The van der Waals surface area contributed by atoms with Crippen molar-refractivity contribution in [3.05, 3.63) is 42.5 Å². The van der Waals surface area contributed by atoms with Gasteiger partial charge in [-0.2, -0.15) is 0 Å². The molecule has 3 heterocycles. The normalized spacial score (nSPS) is 22.0. The fourth-order valence-electron chi connectivity index (χ4n) is 3.87. The van der Waals surface area contributed by atoms with Crippen molar-refractivity contribution in [1.82, 2.24) is 19.8 Å². The zero-order chi connectivity index (χ0) is 19.7. The smallest absolute Gasteiger partial charge is 0.267 e. The number of aromatic nitrogens is 2. The van der Waals surface area contributed by atoms with E-state index < -0.39 is 6.10 Å². The number of fused-ring (bicyclic) bond motifs is 1. The number of carbonyl (C=O) groups is 2. The van der Waals surface area contributed by atoms with Gasteiger partial charge in [-0.3, -0.25) is 9.59 Å². The number of aryl methyl sites for hydroxylation is 1. The Morgan fingerprint density at radius 3 is 2.96 bits per heavy atom. The highest BCUT2D eigenvalue weighted by Crippen LogP contribution is 2.33. The van der Waals surface area contributed by atoms with Crippen LogP contribution in [0.4, 0.5) is 5.69 Å². The van der Waals surface area contributed by atoms with Crippen LogP contribution in [0.3, 0.4) is 0 Å². The topological polar surface area (TPSA) is 79.7 Å². The van der Waals surface area contributed by atoms with Gasteiger partial charge in [0.05, 0.1) is 5.69 Å². The molecule has 2 atom stereocenters. The molecule has 0 saturated carbocycles. The number of imidazole rings is 1. The first-order valence-corrected chi connectivity index (χ1v) is 9.60.